The third-order valence-corrected chi connectivity index (χ3v) is 4.91. The summed E-state index contributed by atoms with van der Waals surface area (Å²) < 4.78 is 0. The number of nitrogens with zero attached hydrogens (tertiary/aromatic N) is 5. The van der Waals surface area contributed by atoms with Crippen LogP contribution in [0.1, 0.15) is 76.2 Å². The number of hydrogen-bond acceptors (Lipinski definition) is 5. The molecule has 3 aromatic rings. The van der Waals surface area contributed by atoms with Crippen LogP contribution >= 0.6 is 0 Å². The molecule has 154 valence electrons. The molecule has 0 N–H and O–H groups in total. The van der Waals surface area contributed by atoms with Gasteiger partial charge in [-0.3, -0.25) is 0 Å². The Morgan fingerprint density at radius 3 is 1.47 bits per heavy atom. The first kappa shape index (κ1) is 21.5. The van der Waals surface area contributed by atoms with E-state index in [4.69, 9.17) is 9.98 Å². The van der Waals surface area contributed by atoms with E-state index < -0.39 is 0 Å². The lowest BCUT2D eigenvalue weighted by Crippen LogP contribution is -2.10. The lowest BCUT2D eigenvalue weighted by atomic mass is 10.0. The van der Waals surface area contributed by atoms with Crippen molar-refractivity contribution in [3.63, 3.8) is 0 Å². The van der Waals surface area contributed by atoms with Crippen LogP contribution < -0.4 is 0 Å². The van der Waals surface area contributed by atoms with Crippen LogP contribution in [0.15, 0.2) is 64.8 Å². The second kappa shape index (κ2) is 9.53. The van der Waals surface area contributed by atoms with Crippen molar-refractivity contribution in [1.29, 1.82) is 0 Å². The molecule has 3 rings (SSSR count). The van der Waals surface area contributed by atoms with Crippen molar-refractivity contribution in [1.82, 2.24) is 15.0 Å². The van der Waals surface area contributed by atoms with E-state index in [2.05, 4.69) is 54.8 Å². The lowest BCUT2D eigenvalue weighted by Gasteiger charge is -2.10. The van der Waals surface area contributed by atoms with E-state index in [1.165, 1.54) is 17.5 Å². The van der Waals surface area contributed by atoms with E-state index in [-0.39, 0.29) is 0 Å². The molecule has 0 saturated heterocycles. The zero-order chi connectivity index (χ0) is 21.7. The molecule has 30 heavy (non-hydrogen) atoms. The van der Waals surface area contributed by atoms with Crippen molar-refractivity contribution in [3.05, 3.63) is 77.6 Å². The maximum atomic E-state index is 4.80. The molecule has 0 aliphatic heterocycles. The second-order valence-corrected chi connectivity index (χ2v) is 7.95. The first-order chi connectivity index (χ1) is 14.4. The first-order valence-corrected chi connectivity index (χ1v) is 10.3. The van der Waals surface area contributed by atoms with Gasteiger partial charge in [-0.15, -0.1) is 0 Å². The van der Waals surface area contributed by atoms with E-state index in [9.17, 15) is 0 Å². The summed E-state index contributed by atoms with van der Waals surface area (Å²) in [5.41, 5.74) is 5.80. The molecule has 0 atom stereocenters. The SMILES string of the molecule is CC(=Nc1ccccc1C(C)C)c1ncnc(C(C)=Nc2ccccc2C(C)C)n1. The van der Waals surface area contributed by atoms with Gasteiger partial charge in [0.1, 0.15) is 6.33 Å². The molecule has 0 aliphatic rings. The summed E-state index contributed by atoms with van der Waals surface area (Å²) in [5.74, 6) is 1.90. The van der Waals surface area contributed by atoms with Crippen LogP contribution in [0.3, 0.4) is 0 Å². The van der Waals surface area contributed by atoms with Gasteiger partial charge >= 0.3 is 0 Å². The Labute approximate surface area is 179 Å². The number of benzene rings is 2. The normalized spacial score (nSPS) is 12.7. The van der Waals surface area contributed by atoms with Crippen LogP contribution in [0.5, 0.6) is 0 Å². The molecule has 0 aliphatic carbocycles. The maximum absolute atomic E-state index is 4.80. The first-order valence-electron chi connectivity index (χ1n) is 10.3. The quantitative estimate of drug-likeness (QED) is 0.451. The predicted molar refractivity (Wildman–Crippen MR) is 125 cm³/mol. The summed E-state index contributed by atoms with van der Waals surface area (Å²) in [6, 6.07) is 16.4. The van der Waals surface area contributed by atoms with E-state index in [0.29, 0.717) is 23.5 Å². The average Bonchev–Trinajstić information content (AvgIpc) is 2.74. The summed E-state index contributed by atoms with van der Waals surface area (Å²) in [6.07, 6.45) is 1.53. The number of rotatable bonds is 6. The van der Waals surface area contributed by atoms with Gasteiger partial charge < -0.3 is 0 Å². The third kappa shape index (κ3) is 5.03. The van der Waals surface area contributed by atoms with Crippen molar-refractivity contribution in [3.8, 4) is 0 Å². The molecule has 5 nitrogen and oxygen atoms in total. The van der Waals surface area contributed by atoms with Crippen molar-refractivity contribution in [2.24, 2.45) is 9.98 Å². The molecule has 2 aromatic carbocycles. The summed E-state index contributed by atoms with van der Waals surface area (Å²) in [7, 11) is 0. The van der Waals surface area contributed by atoms with Crippen LogP contribution in [0.2, 0.25) is 0 Å². The molecular formula is C25H29N5. The number of aromatic nitrogens is 3. The Kier molecular flexibility index (Phi) is 6.83. The minimum atomic E-state index is 0.391. The Balaban J connectivity index is 1.95. The Morgan fingerprint density at radius 1 is 0.667 bits per heavy atom. The fraction of sp³-hybridized carbons (Fsp3) is 0.320. The van der Waals surface area contributed by atoms with Crippen LogP contribution in [0, 0.1) is 0 Å². The van der Waals surface area contributed by atoms with Crippen molar-refractivity contribution in [2.45, 2.75) is 53.4 Å². The van der Waals surface area contributed by atoms with Crippen LogP contribution in [0.4, 0.5) is 11.4 Å². The molecule has 0 saturated carbocycles. The molecule has 0 bridgehead atoms. The van der Waals surface area contributed by atoms with Crippen LogP contribution in [0.25, 0.3) is 0 Å². The lowest BCUT2D eigenvalue weighted by molar-refractivity contribution is 0.866. The van der Waals surface area contributed by atoms with Gasteiger partial charge in [0.15, 0.2) is 11.6 Å². The fourth-order valence-electron chi connectivity index (χ4n) is 3.26. The summed E-state index contributed by atoms with van der Waals surface area (Å²) in [5, 5.41) is 0. The van der Waals surface area contributed by atoms with Crippen LogP contribution in [-0.2, 0) is 0 Å². The van der Waals surface area contributed by atoms with E-state index in [1.807, 2.05) is 50.2 Å². The highest BCUT2D eigenvalue weighted by Gasteiger charge is 2.11. The van der Waals surface area contributed by atoms with Gasteiger partial charge in [-0.1, -0.05) is 64.1 Å². The molecule has 5 heteroatoms. The topological polar surface area (TPSA) is 63.4 Å². The highest BCUT2D eigenvalue weighted by Crippen LogP contribution is 2.28. The standard InChI is InChI=1S/C25H29N5/c1-16(2)20-11-7-9-13-22(20)28-18(5)24-26-15-27-25(30-24)19(6)29-23-14-10-8-12-21(23)17(3)4/h7-17H,1-6H3. The average molecular weight is 400 g/mol. The number of hydrogen-bond donors (Lipinski definition) is 0. The molecule has 0 fully saturated rings. The third-order valence-electron chi connectivity index (χ3n) is 4.91. The largest absolute Gasteiger partial charge is 0.250 e. The van der Waals surface area contributed by atoms with Gasteiger partial charge in [-0.2, -0.15) is 0 Å². The van der Waals surface area contributed by atoms with Gasteiger partial charge in [0.25, 0.3) is 0 Å². The van der Waals surface area contributed by atoms with E-state index in [1.54, 1.807) is 0 Å². The smallest absolute Gasteiger partial charge is 0.177 e. The Hall–Kier alpha value is -3.21. The summed E-state index contributed by atoms with van der Waals surface area (Å²) in [4.78, 5) is 22.9. The van der Waals surface area contributed by atoms with Gasteiger partial charge in [-0.25, -0.2) is 24.9 Å². The zero-order valence-electron chi connectivity index (χ0n) is 18.6. The van der Waals surface area contributed by atoms with E-state index in [0.717, 1.165) is 22.8 Å². The van der Waals surface area contributed by atoms with Gasteiger partial charge in [-0.05, 0) is 48.9 Å². The summed E-state index contributed by atoms with van der Waals surface area (Å²) >= 11 is 0. The maximum Gasteiger partial charge on any atom is 0.177 e. The molecule has 0 radical (unpaired) electrons. The van der Waals surface area contributed by atoms with Gasteiger partial charge in [0.2, 0.25) is 0 Å². The van der Waals surface area contributed by atoms with Gasteiger partial charge in [0, 0.05) is 0 Å². The molecule has 0 amide bonds. The fourth-order valence-corrected chi connectivity index (χ4v) is 3.26. The molecule has 1 heterocycles. The summed E-state index contributed by atoms with van der Waals surface area (Å²) in [6.45, 7) is 12.5. The highest BCUT2D eigenvalue weighted by molar-refractivity contribution is 6.00. The molecule has 0 unspecified atom stereocenters. The highest BCUT2D eigenvalue weighted by atomic mass is 15.0. The minimum absolute atomic E-state index is 0.391. The van der Waals surface area contributed by atoms with Crippen molar-refractivity contribution < 1.29 is 0 Å². The van der Waals surface area contributed by atoms with E-state index >= 15 is 0 Å². The Bertz CT molecular complexity index is 997. The minimum Gasteiger partial charge on any atom is -0.250 e. The monoisotopic (exact) mass is 399 g/mol. The van der Waals surface area contributed by atoms with Crippen LogP contribution in [-0.4, -0.2) is 26.4 Å². The second-order valence-electron chi connectivity index (χ2n) is 7.95. The van der Waals surface area contributed by atoms with Gasteiger partial charge in [0.05, 0.1) is 22.8 Å². The zero-order valence-corrected chi connectivity index (χ0v) is 18.6. The predicted octanol–water partition coefficient (Wildman–Crippen LogP) is 6.40. The number of aliphatic imine (C=N–C) groups is 2. The molecule has 0 spiro atoms. The van der Waals surface area contributed by atoms with Crippen molar-refractivity contribution >= 4 is 22.8 Å². The molecular weight excluding hydrogens is 370 g/mol. The molecule has 1 aromatic heterocycles. The number of para-hydroxylation sites is 2. The Morgan fingerprint density at radius 2 is 1.07 bits per heavy atom. The van der Waals surface area contributed by atoms with Crippen molar-refractivity contribution in [2.75, 3.05) is 0 Å².